The number of aromatic nitrogens is 1. The Labute approximate surface area is 135 Å². The molecule has 0 bridgehead atoms. The topological polar surface area (TPSA) is 88.6 Å². The number of pyridine rings is 1. The maximum atomic E-state index is 12.2. The van der Waals surface area contributed by atoms with Gasteiger partial charge in [0.05, 0.1) is 12.7 Å². The highest BCUT2D eigenvalue weighted by Gasteiger charge is 2.26. The first kappa shape index (κ1) is 16.9. The molecule has 1 atom stereocenters. The maximum absolute atomic E-state index is 12.2. The third-order valence-electron chi connectivity index (χ3n) is 3.90. The second-order valence-electron chi connectivity index (χ2n) is 5.54. The first-order chi connectivity index (χ1) is 11.0. The number of nitrogens with zero attached hydrogens (tertiary/aromatic N) is 2. The standard InChI is InChI=1S/C16H21N3O4/c1-11(20)19-8-4-3-5-13(19)10-15(21)18-14-9-12(6-7-17-14)16(22)23-2/h6-7,9,13H,3-5,8,10H2,1-2H3,(H,17,18,21)/t13-/m1/s1. The summed E-state index contributed by atoms with van der Waals surface area (Å²) in [6.45, 7) is 2.22. The minimum absolute atomic E-state index is 0.00619. The van der Waals surface area contributed by atoms with Crippen LogP contribution >= 0.6 is 0 Å². The quantitative estimate of drug-likeness (QED) is 0.852. The summed E-state index contributed by atoms with van der Waals surface area (Å²) in [7, 11) is 1.29. The van der Waals surface area contributed by atoms with Gasteiger partial charge in [0.25, 0.3) is 0 Å². The zero-order valence-corrected chi connectivity index (χ0v) is 13.4. The second-order valence-corrected chi connectivity index (χ2v) is 5.54. The molecular formula is C16H21N3O4. The molecule has 0 saturated carbocycles. The van der Waals surface area contributed by atoms with Gasteiger partial charge >= 0.3 is 5.97 Å². The van der Waals surface area contributed by atoms with Gasteiger partial charge in [0, 0.05) is 32.1 Å². The lowest BCUT2D eigenvalue weighted by Crippen LogP contribution is -2.44. The van der Waals surface area contributed by atoms with Gasteiger partial charge in [-0.2, -0.15) is 0 Å². The molecule has 23 heavy (non-hydrogen) atoms. The molecule has 7 heteroatoms. The van der Waals surface area contributed by atoms with Gasteiger partial charge in [0.1, 0.15) is 5.82 Å². The van der Waals surface area contributed by atoms with E-state index < -0.39 is 5.97 Å². The lowest BCUT2D eigenvalue weighted by atomic mass is 9.99. The summed E-state index contributed by atoms with van der Waals surface area (Å²) in [5.41, 5.74) is 0.320. The first-order valence-corrected chi connectivity index (χ1v) is 7.62. The largest absolute Gasteiger partial charge is 0.465 e. The molecule has 2 rings (SSSR count). The summed E-state index contributed by atoms with van der Waals surface area (Å²) in [6.07, 6.45) is 4.47. The summed E-state index contributed by atoms with van der Waals surface area (Å²) in [5, 5.41) is 2.67. The van der Waals surface area contributed by atoms with Gasteiger partial charge in [0.15, 0.2) is 0 Å². The molecule has 0 unspecified atom stereocenters. The molecule has 7 nitrogen and oxygen atoms in total. The smallest absolute Gasteiger partial charge is 0.338 e. The number of rotatable bonds is 4. The van der Waals surface area contributed by atoms with Crippen molar-refractivity contribution in [3.05, 3.63) is 23.9 Å². The fourth-order valence-corrected chi connectivity index (χ4v) is 2.78. The Morgan fingerprint density at radius 2 is 2.17 bits per heavy atom. The molecule has 1 aliphatic rings. The minimum atomic E-state index is -0.488. The number of hydrogen-bond donors (Lipinski definition) is 1. The Hall–Kier alpha value is -2.44. The molecule has 0 aromatic carbocycles. The SMILES string of the molecule is COC(=O)c1ccnc(NC(=O)C[C@H]2CCCCN2C(C)=O)c1. The van der Waals surface area contributed by atoms with Crippen LogP contribution in [0.5, 0.6) is 0 Å². The van der Waals surface area contributed by atoms with Crippen LogP contribution in [0.4, 0.5) is 5.82 Å². The summed E-state index contributed by atoms with van der Waals surface area (Å²) >= 11 is 0. The second kappa shape index (κ2) is 7.71. The van der Waals surface area contributed by atoms with Crippen LogP contribution in [0, 0.1) is 0 Å². The fourth-order valence-electron chi connectivity index (χ4n) is 2.78. The number of nitrogens with one attached hydrogen (secondary N) is 1. The van der Waals surface area contributed by atoms with Crippen molar-refractivity contribution in [1.29, 1.82) is 0 Å². The van der Waals surface area contributed by atoms with E-state index in [4.69, 9.17) is 0 Å². The van der Waals surface area contributed by atoms with Gasteiger partial charge in [-0.05, 0) is 31.4 Å². The van der Waals surface area contributed by atoms with Crippen molar-refractivity contribution < 1.29 is 19.1 Å². The molecule has 0 aliphatic carbocycles. The number of amides is 2. The predicted molar refractivity (Wildman–Crippen MR) is 83.8 cm³/mol. The predicted octanol–water partition coefficient (Wildman–Crippen LogP) is 1.60. The summed E-state index contributed by atoms with van der Waals surface area (Å²) in [4.78, 5) is 41.1. The highest BCUT2D eigenvalue weighted by Crippen LogP contribution is 2.20. The molecule has 1 N–H and O–H groups in total. The van der Waals surface area contributed by atoms with Crippen LogP contribution < -0.4 is 5.32 Å². The molecule has 2 amide bonds. The normalized spacial score (nSPS) is 17.5. The monoisotopic (exact) mass is 319 g/mol. The Balaban J connectivity index is 1.99. The molecule has 1 aromatic rings. The highest BCUT2D eigenvalue weighted by atomic mass is 16.5. The summed E-state index contributed by atoms with van der Waals surface area (Å²) in [6, 6.07) is 2.90. The van der Waals surface area contributed by atoms with Gasteiger partial charge in [-0.3, -0.25) is 9.59 Å². The van der Waals surface area contributed by atoms with Gasteiger partial charge in [-0.1, -0.05) is 0 Å². The van der Waals surface area contributed by atoms with E-state index >= 15 is 0 Å². The van der Waals surface area contributed by atoms with E-state index in [1.54, 1.807) is 4.90 Å². The zero-order valence-electron chi connectivity index (χ0n) is 13.4. The molecule has 1 aromatic heterocycles. The van der Waals surface area contributed by atoms with Crippen LogP contribution in [0.2, 0.25) is 0 Å². The van der Waals surface area contributed by atoms with E-state index in [1.165, 1.54) is 32.4 Å². The number of ether oxygens (including phenoxy) is 1. The number of carbonyl (C=O) groups excluding carboxylic acids is 3. The molecule has 124 valence electrons. The third-order valence-corrected chi connectivity index (χ3v) is 3.90. The summed E-state index contributed by atoms with van der Waals surface area (Å²) < 4.78 is 4.63. The molecule has 1 saturated heterocycles. The van der Waals surface area contributed by atoms with Crippen LogP contribution in [0.3, 0.4) is 0 Å². The van der Waals surface area contributed by atoms with Crippen molar-refractivity contribution >= 4 is 23.6 Å². The van der Waals surface area contributed by atoms with Gasteiger partial charge < -0.3 is 15.0 Å². The van der Waals surface area contributed by atoms with Crippen molar-refractivity contribution in [2.24, 2.45) is 0 Å². The molecular weight excluding hydrogens is 298 g/mol. The van der Waals surface area contributed by atoms with Crippen molar-refractivity contribution in [2.45, 2.75) is 38.6 Å². The number of hydrogen-bond acceptors (Lipinski definition) is 5. The Morgan fingerprint density at radius 3 is 2.87 bits per heavy atom. The number of methoxy groups -OCH3 is 1. The van der Waals surface area contributed by atoms with Crippen LogP contribution in [0.25, 0.3) is 0 Å². The number of likely N-dealkylation sites (tertiary alicyclic amines) is 1. The molecule has 1 aliphatic heterocycles. The van der Waals surface area contributed by atoms with Crippen LogP contribution in [0.15, 0.2) is 18.3 Å². The maximum Gasteiger partial charge on any atom is 0.338 e. The number of carbonyl (C=O) groups is 3. The van der Waals surface area contributed by atoms with Crippen molar-refractivity contribution in [3.8, 4) is 0 Å². The fraction of sp³-hybridized carbons (Fsp3) is 0.500. The highest BCUT2D eigenvalue weighted by molar-refractivity contribution is 5.93. The Kier molecular flexibility index (Phi) is 5.67. The third kappa shape index (κ3) is 4.51. The van der Waals surface area contributed by atoms with E-state index in [1.807, 2.05) is 0 Å². The minimum Gasteiger partial charge on any atom is -0.465 e. The number of esters is 1. The van der Waals surface area contributed by atoms with Crippen molar-refractivity contribution in [3.63, 3.8) is 0 Å². The number of piperidine rings is 1. The van der Waals surface area contributed by atoms with E-state index in [-0.39, 0.29) is 24.3 Å². The molecule has 0 spiro atoms. The van der Waals surface area contributed by atoms with E-state index in [0.717, 1.165) is 19.3 Å². The lowest BCUT2D eigenvalue weighted by molar-refractivity contribution is -0.133. The average Bonchev–Trinajstić information content (AvgIpc) is 2.54. The molecule has 0 radical (unpaired) electrons. The molecule has 1 fully saturated rings. The van der Waals surface area contributed by atoms with Gasteiger partial charge in [0.2, 0.25) is 11.8 Å². The van der Waals surface area contributed by atoms with Crippen LogP contribution in [-0.2, 0) is 14.3 Å². The lowest BCUT2D eigenvalue weighted by Gasteiger charge is -2.34. The first-order valence-electron chi connectivity index (χ1n) is 7.62. The molecule has 2 heterocycles. The van der Waals surface area contributed by atoms with E-state index in [2.05, 4.69) is 15.0 Å². The number of anilines is 1. The van der Waals surface area contributed by atoms with Gasteiger partial charge in [-0.25, -0.2) is 9.78 Å². The van der Waals surface area contributed by atoms with E-state index in [0.29, 0.717) is 17.9 Å². The average molecular weight is 319 g/mol. The van der Waals surface area contributed by atoms with Crippen LogP contribution in [0.1, 0.15) is 43.0 Å². The van der Waals surface area contributed by atoms with Crippen molar-refractivity contribution in [1.82, 2.24) is 9.88 Å². The summed E-state index contributed by atoms with van der Waals surface area (Å²) in [5.74, 6) is -0.424. The Bertz CT molecular complexity index is 603. The van der Waals surface area contributed by atoms with Gasteiger partial charge in [-0.15, -0.1) is 0 Å². The Morgan fingerprint density at radius 1 is 1.39 bits per heavy atom. The van der Waals surface area contributed by atoms with Crippen molar-refractivity contribution in [2.75, 3.05) is 19.0 Å². The van der Waals surface area contributed by atoms with E-state index in [9.17, 15) is 14.4 Å². The van der Waals surface area contributed by atoms with Crippen LogP contribution in [-0.4, -0.2) is 47.4 Å². The zero-order chi connectivity index (χ0) is 16.8.